The van der Waals surface area contributed by atoms with Crippen molar-refractivity contribution in [3.63, 3.8) is 0 Å². The minimum atomic E-state index is -0.742. The zero-order valence-electron chi connectivity index (χ0n) is 7.61. The van der Waals surface area contributed by atoms with Gasteiger partial charge in [-0.3, -0.25) is 4.79 Å². The van der Waals surface area contributed by atoms with Crippen molar-refractivity contribution >= 4 is 36.8 Å². The van der Waals surface area contributed by atoms with Crippen LogP contribution in [0.2, 0.25) is 0 Å². The summed E-state index contributed by atoms with van der Waals surface area (Å²) in [5.74, 6) is 0.894. The molecule has 3 N–H and O–H groups in total. The van der Waals surface area contributed by atoms with E-state index in [-0.39, 0.29) is 15.9 Å². The van der Waals surface area contributed by atoms with E-state index in [4.69, 9.17) is 30.5 Å². The topological polar surface area (TPSA) is 76.1 Å². The third-order valence-corrected chi connectivity index (χ3v) is 2.28. The van der Waals surface area contributed by atoms with Crippen molar-refractivity contribution in [1.82, 2.24) is 0 Å². The number of rotatable bonds is 5. The van der Waals surface area contributed by atoms with Gasteiger partial charge in [0.2, 0.25) is 0 Å². The van der Waals surface area contributed by atoms with Gasteiger partial charge in [0.25, 0.3) is 5.97 Å². The molecule has 0 aliphatic carbocycles. The molecule has 0 heterocycles. The van der Waals surface area contributed by atoms with E-state index >= 15 is 0 Å². The fourth-order valence-corrected chi connectivity index (χ4v) is 1.30. The number of nitrogens with one attached hydrogen (secondary N) is 1. The van der Waals surface area contributed by atoms with Crippen LogP contribution in [0.5, 0.6) is 0 Å². The SMILES string of the molecule is COC(=O)C([NH-])C[SH+]CCN.[Cl][Pd][Cl]. The Morgan fingerprint density at radius 2 is 2.21 bits per heavy atom. The van der Waals surface area contributed by atoms with Gasteiger partial charge >= 0.3 is 35.0 Å². The number of carbonyl (C=O) groups excluding carboxylic acids is 1. The van der Waals surface area contributed by atoms with Crippen LogP contribution in [-0.2, 0) is 37.2 Å². The molecule has 0 aromatic rings. The number of hydrogen-bond donors (Lipinski definition) is 1. The molecular formula is C6H14Cl2N2O2PdS. The van der Waals surface area contributed by atoms with E-state index in [1.54, 1.807) is 0 Å². The summed E-state index contributed by atoms with van der Waals surface area (Å²) >= 11 is 0.938. The zero-order chi connectivity index (χ0) is 11.4. The number of esters is 1. The zero-order valence-corrected chi connectivity index (χ0v) is 11.6. The second-order valence-corrected chi connectivity index (χ2v) is 5.66. The summed E-state index contributed by atoms with van der Waals surface area (Å²) < 4.78 is 4.38. The van der Waals surface area contributed by atoms with Crippen LogP contribution in [0.4, 0.5) is 0 Å². The third-order valence-electron chi connectivity index (χ3n) is 1.08. The van der Waals surface area contributed by atoms with Gasteiger partial charge in [0.1, 0.15) is 5.75 Å². The first-order valence-corrected chi connectivity index (χ1v) is 8.85. The molecule has 0 aromatic heterocycles. The Morgan fingerprint density at radius 1 is 1.71 bits per heavy atom. The van der Waals surface area contributed by atoms with Gasteiger partial charge < -0.3 is 16.2 Å². The van der Waals surface area contributed by atoms with Crippen LogP contribution in [-0.4, -0.2) is 37.2 Å². The first-order valence-electron chi connectivity index (χ1n) is 3.58. The summed E-state index contributed by atoms with van der Waals surface area (Å²) in [5, 5.41) is 0. The van der Waals surface area contributed by atoms with E-state index in [1.165, 1.54) is 7.11 Å². The summed E-state index contributed by atoms with van der Waals surface area (Å²) in [7, 11) is 10.9. The van der Waals surface area contributed by atoms with Crippen LogP contribution in [0.15, 0.2) is 0 Å². The molecule has 0 saturated carbocycles. The van der Waals surface area contributed by atoms with E-state index in [2.05, 4.69) is 4.74 Å². The molecule has 0 aliphatic heterocycles. The van der Waals surface area contributed by atoms with Crippen molar-refractivity contribution in [2.75, 3.05) is 25.2 Å². The maximum atomic E-state index is 10.7. The van der Waals surface area contributed by atoms with Gasteiger partial charge in [0.15, 0.2) is 0 Å². The van der Waals surface area contributed by atoms with Gasteiger partial charge in [0, 0.05) is 12.6 Å². The van der Waals surface area contributed by atoms with Crippen molar-refractivity contribution in [3.8, 4) is 0 Å². The molecule has 0 rings (SSSR count). The number of hydrogen-bond acceptors (Lipinski definition) is 3. The molecule has 1 unspecified atom stereocenters. The van der Waals surface area contributed by atoms with Gasteiger partial charge in [-0.2, -0.15) is 0 Å². The predicted molar refractivity (Wildman–Crippen MR) is 59.4 cm³/mol. The molecule has 0 radical (unpaired) electrons. The van der Waals surface area contributed by atoms with Crippen LogP contribution in [0.3, 0.4) is 0 Å². The molecule has 14 heavy (non-hydrogen) atoms. The molecule has 0 aromatic carbocycles. The van der Waals surface area contributed by atoms with Crippen LogP contribution in [0, 0.1) is 0 Å². The average molecular weight is 356 g/mol. The van der Waals surface area contributed by atoms with Crippen LogP contribution in [0.25, 0.3) is 5.73 Å². The Labute approximate surface area is 104 Å². The van der Waals surface area contributed by atoms with Crippen molar-refractivity contribution in [1.29, 1.82) is 0 Å². The van der Waals surface area contributed by atoms with Crippen molar-refractivity contribution in [3.05, 3.63) is 5.73 Å². The second kappa shape index (κ2) is 14.0. The Hall–Kier alpha value is 0.982. The summed E-state index contributed by atoms with van der Waals surface area (Å²) in [4.78, 5) is 10.7. The number of halogens is 2. The fraction of sp³-hybridized carbons (Fsp3) is 0.833. The van der Waals surface area contributed by atoms with E-state index in [1.807, 2.05) is 0 Å². The van der Waals surface area contributed by atoms with Gasteiger partial charge in [-0.05, 0) is 11.8 Å². The molecule has 1 atom stereocenters. The third kappa shape index (κ3) is 13.0. The second-order valence-electron chi connectivity index (χ2n) is 2.04. The Balaban J connectivity index is 0. The van der Waals surface area contributed by atoms with E-state index in [0.29, 0.717) is 12.3 Å². The summed E-state index contributed by atoms with van der Waals surface area (Å²) in [6.45, 7) is 0.607. The molecule has 90 valence electrons. The van der Waals surface area contributed by atoms with Crippen LogP contribution < -0.4 is 5.73 Å². The Morgan fingerprint density at radius 3 is 2.57 bits per heavy atom. The number of nitrogens with two attached hydrogens (primary N) is 1. The van der Waals surface area contributed by atoms with Crippen molar-refractivity contribution in [2.45, 2.75) is 6.04 Å². The first-order chi connectivity index (χ1) is 6.63. The van der Waals surface area contributed by atoms with Crippen LogP contribution >= 0.6 is 19.1 Å². The van der Waals surface area contributed by atoms with Gasteiger partial charge in [-0.25, -0.2) is 0 Å². The van der Waals surface area contributed by atoms with Gasteiger partial charge in [-0.15, -0.1) is 0 Å². The normalized spacial score (nSPS) is 11.5. The van der Waals surface area contributed by atoms with Crippen molar-refractivity contribution < 1.29 is 25.5 Å². The Kier molecular flexibility index (Phi) is 17.4. The van der Waals surface area contributed by atoms with E-state index in [0.717, 1.165) is 17.5 Å². The number of methoxy groups -OCH3 is 1. The molecular weight excluding hydrogens is 341 g/mol. The number of ether oxygens (including phenoxy) is 1. The maximum absolute atomic E-state index is 10.7. The quantitative estimate of drug-likeness (QED) is 0.260. The molecule has 4 nitrogen and oxygen atoms in total. The first kappa shape index (κ1) is 17.4. The van der Waals surface area contributed by atoms with Crippen molar-refractivity contribution in [2.24, 2.45) is 5.73 Å². The van der Waals surface area contributed by atoms with E-state index in [9.17, 15) is 4.79 Å². The van der Waals surface area contributed by atoms with E-state index < -0.39 is 12.0 Å². The molecule has 8 heteroatoms. The summed E-state index contributed by atoms with van der Waals surface area (Å²) in [6, 6.07) is -0.742. The fourth-order valence-electron chi connectivity index (χ4n) is 0.528. The molecule has 0 saturated heterocycles. The van der Waals surface area contributed by atoms with Crippen LogP contribution in [0.1, 0.15) is 0 Å². The summed E-state index contributed by atoms with van der Waals surface area (Å²) in [6.07, 6.45) is 0. The standard InChI is InChI=1S/C6H13N2O2S.2ClH.Pd/c1-10-6(9)5(8)4-11-3-2-7;;;/h5,8H,2-4,7H2,1H3;2*1H;/q-1;;;+2/p-1. The predicted octanol–water partition coefficient (Wildman–Crippen LogP) is 0.730. The number of carbonyl (C=O) groups is 1. The van der Waals surface area contributed by atoms with Gasteiger partial charge in [-0.1, -0.05) is 0 Å². The minimum absolute atomic E-state index is 0.106. The molecule has 0 spiro atoms. The monoisotopic (exact) mass is 354 g/mol. The van der Waals surface area contributed by atoms with Gasteiger partial charge in [0.05, 0.1) is 12.9 Å². The molecule has 0 bridgehead atoms. The molecule has 0 amide bonds. The number of thiol groups is 1. The molecule has 0 aliphatic rings. The Bertz CT molecular complexity index is 145. The molecule has 0 fully saturated rings. The summed E-state index contributed by atoms with van der Waals surface area (Å²) in [5.41, 5.74) is 12.5. The average Bonchev–Trinajstić information content (AvgIpc) is 2.18.